The predicted octanol–water partition coefficient (Wildman–Crippen LogP) is 2.79. The lowest BCUT2D eigenvalue weighted by Crippen LogP contribution is -2.26. The summed E-state index contributed by atoms with van der Waals surface area (Å²) in [6, 6.07) is 2.41. The second-order valence-electron chi connectivity index (χ2n) is 4.33. The van der Waals surface area contributed by atoms with Crippen molar-refractivity contribution in [3.05, 3.63) is 24.0 Å². The molecule has 1 aromatic heterocycles. The summed E-state index contributed by atoms with van der Waals surface area (Å²) in [7, 11) is 1.67. The van der Waals surface area contributed by atoms with Gasteiger partial charge in [0.25, 0.3) is 0 Å². The zero-order valence-corrected chi connectivity index (χ0v) is 10.7. The van der Waals surface area contributed by atoms with Crippen molar-refractivity contribution in [1.82, 2.24) is 10.3 Å². The molecule has 1 rings (SSSR count). The van der Waals surface area contributed by atoms with Crippen LogP contribution in [0.4, 0.5) is 0 Å². The number of rotatable bonds is 6. The minimum atomic E-state index is 0.350. The molecule has 0 bridgehead atoms. The summed E-state index contributed by atoms with van der Waals surface area (Å²) < 4.78 is 5.20. The summed E-state index contributed by atoms with van der Waals surface area (Å²) in [6.45, 7) is 7.63. The third kappa shape index (κ3) is 3.49. The molecule has 0 aliphatic heterocycles. The largest absolute Gasteiger partial charge is 0.495 e. The number of nitrogens with one attached hydrogen (secondary N) is 1. The van der Waals surface area contributed by atoms with Crippen molar-refractivity contribution in [1.29, 1.82) is 0 Å². The van der Waals surface area contributed by atoms with Crippen LogP contribution in [-0.2, 0) is 0 Å². The van der Waals surface area contributed by atoms with Gasteiger partial charge in [0.2, 0.25) is 0 Å². The standard InChI is InChI=1S/C13H22N2O/c1-5-6-15-13(10(2)3)11-7-12(16-4)9-14-8-11/h7-10,13,15H,5-6H2,1-4H3. The van der Waals surface area contributed by atoms with Crippen LogP contribution in [0.1, 0.15) is 38.8 Å². The number of hydrogen-bond donors (Lipinski definition) is 1. The Morgan fingerprint density at radius 1 is 1.38 bits per heavy atom. The molecule has 0 amide bonds. The lowest BCUT2D eigenvalue weighted by atomic mass is 9.97. The van der Waals surface area contributed by atoms with E-state index in [1.165, 1.54) is 5.56 Å². The molecule has 0 radical (unpaired) electrons. The first-order valence-corrected chi connectivity index (χ1v) is 5.91. The Morgan fingerprint density at radius 3 is 2.69 bits per heavy atom. The third-order valence-electron chi connectivity index (χ3n) is 2.61. The van der Waals surface area contributed by atoms with Crippen molar-refractivity contribution >= 4 is 0 Å². The van der Waals surface area contributed by atoms with Crippen LogP contribution in [0.3, 0.4) is 0 Å². The first-order chi connectivity index (χ1) is 7.69. The van der Waals surface area contributed by atoms with Crippen molar-refractivity contribution in [2.45, 2.75) is 33.2 Å². The average Bonchev–Trinajstić information content (AvgIpc) is 2.29. The molecule has 0 saturated heterocycles. The van der Waals surface area contributed by atoms with E-state index in [0.717, 1.165) is 18.7 Å². The molecule has 0 spiro atoms. The summed E-state index contributed by atoms with van der Waals surface area (Å²) in [4.78, 5) is 4.20. The van der Waals surface area contributed by atoms with Crippen molar-refractivity contribution in [3.63, 3.8) is 0 Å². The van der Waals surface area contributed by atoms with Gasteiger partial charge in [-0.2, -0.15) is 0 Å². The van der Waals surface area contributed by atoms with Gasteiger partial charge in [0, 0.05) is 12.2 Å². The number of ether oxygens (including phenoxy) is 1. The molecule has 90 valence electrons. The normalized spacial score (nSPS) is 12.8. The predicted molar refractivity (Wildman–Crippen MR) is 66.7 cm³/mol. The topological polar surface area (TPSA) is 34.2 Å². The fraction of sp³-hybridized carbons (Fsp3) is 0.615. The summed E-state index contributed by atoms with van der Waals surface area (Å²) in [5.41, 5.74) is 1.20. The molecule has 0 fully saturated rings. The van der Waals surface area contributed by atoms with Crippen LogP contribution in [-0.4, -0.2) is 18.6 Å². The van der Waals surface area contributed by atoms with Gasteiger partial charge in [-0.1, -0.05) is 20.8 Å². The summed E-state index contributed by atoms with van der Waals surface area (Å²) in [5, 5.41) is 3.54. The molecule has 3 nitrogen and oxygen atoms in total. The van der Waals surface area contributed by atoms with E-state index in [4.69, 9.17) is 4.74 Å². The van der Waals surface area contributed by atoms with Gasteiger partial charge >= 0.3 is 0 Å². The van der Waals surface area contributed by atoms with Crippen LogP contribution in [0.5, 0.6) is 5.75 Å². The zero-order chi connectivity index (χ0) is 12.0. The van der Waals surface area contributed by atoms with Crippen molar-refractivity contribution < 1.29 is 4.74 Å². The molecule has 0 aromatic carbocycles. The Balaban J connectivity index is 2.82. The Labute approximate surface area is 98.2 Å². The molecule has 1 heterocycles. The van der Waals surface area contributed by atoms with E-state index in [-0.39, 0.29) is 0 Å². The fourth-order valence-electron chi connectivity index (χ4n) is 1.76. The molecule has 1 aromatic rings. The van der Waals surface area contributed by atoms with E-state index in [1.54, 1.807) is 13.3 Å². The van der Waals surface area contributed by atoms with Gasteiger partial charge in [-0.25, -0.2) is 0 Å². The highest BCUT2D eigenvalue weighted by Crippen LogP contribution is 2.23. The van der Waals surface area contributed by atoms with Gasteiger partial charge < -0.3 is 10.1 Å². The van der Waals surface area contributed by atoms with Crippen molar-refractivity contribution in [3.8, 4) is 5.75 Å². The summed E-state index contributed by atoms with van der Waals surface area (Å²) in [6.07, 6.45) is 4.79. The quantitative estimate of drug-likeness (QED) is 0.803. The van der Waals surface area contributed by atoms with Gasteiger partial charge in [-0.3, -0.25) is 4.98 Å². The maximum Gasteiger partial charge on any atom is 0.137 e. The van der Waals surface area contributed by atoms with E-state index in [9.17, 15) is 0 Å². The van der Waals surface area contributed by atoms with E-state index >= 15 is 0 Å². The lowest BCUT2D eigenvalue weighted by molar-refractivity contribution is 0.397. The van der Waals surface area contributed by atoms with Crippen LogP contribution in [0.15, 0.2) is 18.5 Å². The second-order valence-corrected chi connectivity index (χ2v) is 4.33. The fourth-order valence-corrected chi connectivity index (χ4v) is 1.76. The van der Waals surface area contributed by atoms with Gasteiger partial charge in [-0.15, -0.1) is 0 Å². The van der Waals surface area contributed by atoms with Gasteiger partial charge in [-0.05, 0) is 30.5 Å². The van der Waals surface area contributed by atoms with Gasteiger partial charge in [0.05, 0.1) is 13.3 Å². The molecule has 3 heteroatoms. The number of pyridine rings is 1. The Bertz CT molecular complexity index is 313. The third-order valence-corrected chi connectivity index (χ3v) is 2.61. The zero-order valence-electron chi connectivity index (χ0n) is 10.7. The molecular formula is C13H22N2O. The number of nitrogens with zero attached hydrogens (tertiary/aromatic N) is 1. The van der Waals surface area contributed by atoms with Crippen LogP contribution in [0.2, 0.25) is 0 Å². The average molecular weight is 222 g/mol. The highest BCUT2D eigenvalue weighted by atomic mass is 16.5. The van der Waals surface area contributed by atoms with E-state index < -0.39 is 0 Å². The molecule has 0 aliphatic rings. The Morgan fingerprint density at radius 2 is 2.12 bits per heavy atom. The van der Waals surface area contributed by atoms with E-state index in [2.05, 4.69) is 37.1 Å². The maximum atomic E-state index is 5.20. The van der Waals surface area contributed by atoms with E-state index in [0.29, 0.717) is 12.0 Å². The SMILES string of the molecule is CCCNC(c1cncc(OC)c1)C(C)C. The minimum Gasteiger partial charge on any atom is -0.495 e. The van der Waals surface area contributed by atoms with Crippen LogP contribution < -0.4 is 10.1 Å². The first-order valence-electron chi connectivity index (χ1n) is 5.91. The van der Waals surface area contributed by atoms with Crippen molar-refractivity contribution in [2.75, 3.05) is 13.7 Å². The highest BCUT2D eigenvalue weighted by Gasteiger charge is 2.15. The molecule has 1 atom stereocenters. The molecular weight excluding hydrogens is 200 g/mol. The van der Waals surface area contributed by atoms with Crippen LogP contribution >= 0.6 is 0 Å². The monoisotopic (exact) mass is 222 g/mol. The summed E-state index contributed by atoms with van der Waals surface area (Å²) >= 11 is 0. The Kier molecular flexibility index (Phi) is 5.26. The second kappa shape index (κ2) is 6.48. The van der Waals surface area contributed by atoms with Crippen LogP contribution in [0.25, 0.3) is 0 Å². The molecule has 1 N–H and O–H groups in total. The van der Waals surface area contributed by atoms with Gasteiger partial charge in [0.1, 0.15) is 5.75 Å². The highest BCUT2D eigenvalue weighted by molar-refractivity contribution is 5.26. The Hall–Kier alpha value is -1.09. The smallest absolute Gasteiger partial charge is 0.137 e. The van der Waals surface area contributed by atoms with Gasteiger partial charge in [0.15, 0.2) is 0 Å². The minimum absolute atomic E-state index is 0.350. The maximum absolute atomic E-state index is 5.20. The molecule has 16 heavy (non-hydrogen) atoms. The van der Waals surface area contributed by atoms with Crippen LogP contribution in [0, 0.1) is 5.92 Å². The van der Waals surface area contributed by atoms with Crippen molar-refractivity contribution in [2.24, 2.45) is 5.92 Å². The first kappa shape index (κ1) is 13.0. The lowest BCUT2D eigenvalue weighted by Gasteiger charge is -2.22. The van der Waals surface area contributed by atoms with E-state index in [1.807, 2.05) is 6.20 Å². The number of methoxy groups -OCH3 is 1. The molecule has 1 unspecified atom stereocenters. The summed E-state index contributed by atoms with van der Waals surface area (Å²) in [5.74, 6) is 1.36. The molecule has 0 saturated carbocycles. The number of aromatic nitrogens is 1. The number of hydrogen-bond acceptors (Lipinski definition) is 3. The molecule has 0 aliphatic carbocycles.